The van der Waals surface area contributed by atoms with Gasteiger partial charge < -0.3 is 24.4 Å². The molecule has 2 aliphatic heterocycles. The molecule has 2 saturated heterocycles. The molecule has 4 heterocycles. The summed E-state index contributed by atoms with van der Waals surface area (Å²) in [5.41, 5.74) is 2.83. The number of anilines is 2. The molecule has 0 radical (unpaired) electrons. The Kier molecular flexibility index (Phi) is 8.55. The van der Waals surface area contributed by atoms with E-state index in [4.69, 9.17) is 14.2 Å². The fraction of sp³-hybridized carbons (Fsp3) is 0.567. The van der Waals surface area contributed by atoms with Crippen LogP contribution in [0.2, 0.25) is 0 Å². The Bertz CT molecular complexity index is 1210. The van der Waals surface area contributed by atoms with Gasteiger partial charge in [0.25, 0.3) is 0 Å². The lowest BCUT2D eigenvalue weighted by molar-refractivity contribution is 0.122. The van der Waals surface area contributed by atoms with Crippen molar-refractivity contribution in [2.75, 3.05) is 62.8 Å². The first-order valence-corrected chi connectivity index (χ1v) is 14.6. The van der Waals surface area contributed by atoms with Gasteiger partial charge in [-0.1, -0.05) is 6.42 Å². The van der Waals surface area contributed by atoms with Crippen LogP contribution in [0.25, 0.3) is 11.0 Å². The van der Waals surface area contributed by atoms with Gasteiger partial charge in [0.05, 0.1) is 24.8 Å². The van der Waals surface area contributed by atoms with Crippen molar-refractivity contribution >= 4 is 22.5 Å². The molecule has 39 heavy (non-hydrogen) atoms. The maximum absolute atomic E-state index is 6.58. The molecule has 9 nitrogen and oxygen atoms in total. The van der Waals surface area contributed by atoms with Gasteiger partial charge in [0.15, 0.2) is 0 Å². The molecule has 2 aromatic heterocycles. The normalized spacial score (nSPS) is 22.5. The highest BCUT2D eigenvalue weighted by atomic mass is 16.5. The molecule has 208 valence electrons. The SMILES string of the molecule is c1cc(OCCN2CCCCC2)cc(NC2CCC(Oc3cc(N4CCOCC4)cc4nccnc34)CC2)n1. The second kappa shape index (κ2) is 12.8. The molecule has 6 rings (SSSR count). The highest BCUT2D eigenvalue weighted by Crippen LogP contribution is 2.33. The summed E-state index contributed by atoms with van der Waals surface area (Å²) < 4.78 is 18.2. The molecule has 1 N–H and O–H groups in total. The summed E-state index contributed by atoms with van der Waals surface area (Å²) in [6.07, 6.45) is 13.5. The van der Waals surface area contributed by atoms with Crippen LogP contribution in [0, 0.1) is 0 Å². The lowest BCUT2D eigenvalue weighted by Gasteiger charge is -2.31. The summed E-state index contributed by atoms with van der Waals surface area (Å²) >= 11 is 0. The number of hydrogen-bond donors (Lipinski definition) is 1. The number of pyridine rings is 1. The molecule has 3 aliphatic rings. The molecule has 1 saturated carbocycles. The van der Waals surface area contributed by atoms with Crippen molar-refractivity contribution in [3.05, 3.63) is 42.9 Å². The van der Waals surface area contributed by atoms with Crippen LogP contribution >= 0.6 is 0 Å². The smallest absolute Gasteiger partial charge is 0.149 e. The van der Waals surface area contributed by atoms with E-state index in [2.05, 4.69) is 42.2 Å². The van der Waals surface area contributed by atoms with Crippen LogP contribution in [0.5, 0.6) is 11.5 Å². The molecule has 0 unspecified atom stereocenters. The number of likely N-dealkylation sites (tertiary alicyclic amines) is 1. The van der Waals surface area contributed by atoms with Crippen molar-refractivity contribution < 1.29 is 14.2 Å². The summed E-state index contributed by atoms with van der Waals surface area (Å²) in [4.78, 5) is 18.5. The second-order valence-corrected chi connectivity index (χ2v) is 10.8. The van der Waals surface area contributed by atoms with E-state index in [0.29, 0.717) is 6.04 Å². The topological polar surface area (TPSA) is 84.9 Å². The molecule has 3 aromatic rings. The first-order chi connectivity index (χ1) is 19.3. The number of nitrogens with zero attached hydrogens (tertiary/aromatic N) is 5. The van der Waals surface area contributed by atoms with E-state index in [-0.39, 0.29) is 6.10 Å². The fourth-order valence-electron chi connectivity index (χ4n) is 5.89. The van der Waals surface area contributed by atoms with Crippen LogP contribution in [-0.2, 0) is 4.74 Å². The van der Waals surface area contributed by atoms with Crippen molar-refractivity contribution in [2.45, 2.75) is 57.1 Å². The number of hydrogen-bond acceptors (Lipinski definition) is 9. The lowest BCUT2D eigenvalue weighted by atomic mass is 9.93. The minimum Gasteiger partial charge on any atom is -0.492 e. The predicted molar refractivity (Wildman–Crippen MR) is 153 cm³/mol. The Morgan fingerprint density at radius 3 is 2.54 bits per heavy atom. The van der Waals surface area contributed by atoms with E-state index in [0.717, 1.165) is 99.2 Å². The Balaban J connectivity index is 1.02. The summed E-state index contributed by atoms with van der Waals surface area (Å²) in [5.74, 6) is 2.60. The molecule has 3 fully saturated rings. The number of aromatic nitrogens is 3. The maximum Gasteiger partial charge on any atom is 0.149 e. The van der Waals surface area contributed by atoms with Gasteiger partial charge >= 0.3 is 0 Å². The third-order valence-corrected chi connectivity index (χ3v) is 8.08. The van der Waals surface area contributed by atoms with Crippen molar-refractivity contribution in [3.63, 3.8) is 0 Å². The average Bonchev–Trinajstić information content (AvgIpc) is 2.99. The number of ether oxygens (including phenoxy) is 3. The zero-order valence-corrected chi connectivity index (χ0v) is 22.8. The molecular formula is C30H40N6O3. The Labute approximate surface area is 230 Å². The van der Waals surface area contributed by atoms with Gasteiger partial charge in [-0.3, -0.25) is 9.88 Å². The molecule has 0 spiro atoms. The average molecular weight is 533 g/mol. The van der Waals surface area contributed by atoms with Crippen LogP contribution < -0.4 is 19.7 Å². The largest absolute Gasteiger partial charge is 0.492 e. The van der Waals surface area contributed by atoms with E-state index in [1.807, 2.05) is 18.3 Å². The van der Waals surface area contributed by atoms with E-state index < -0.39 is 0 Å². The maximum atomic E-state index is 6.58. The molecule has 1 aliphatic carbocycles. The standard InChI is InChI=1S/C30H40N6O3/c1-2-12-35(13-3-1)14-19-38-26-8-9-32-29(22-26)34-23-4-6-25(7-5-23)39-28-21-24(36-15-17-37-18-16-36)20-27-30(28)33-11-10-31-27/h8-11,20-23,25H,1-7,12-19H2,(H,32,34). The van der Waals surface area contributed by atoms with Gasteiger partial charge in [-0.05, 0) is 63.7 Å². The Morgan fingerprint density at radius 1 is 0.872 bits per heavy atom. The quantitative estimate of drug-likeness (QED) is 0.427. The monoisotopic (exact) mass is 532 g/mol. The number of nitrogens with one attached hydrogen (secondary N) is 1. The number of morpholine rings is 1. The van der Waals surface area contributed by atoms with Crippen LogP contribution in [0.1, 0.15) is 44.9 Å². The summed E-state index contributed by atoms with van der Waals surface area (Å²) in [6, 6.07) is 8.59. The zero-order valence-electron chi connectivity index (χ0n) is 22.8. The fourth-order valence-corrected chi connectivity index (χ4v) is 5.89. The summed E-state index contributed by atoms with van der Waals surface area (Å²) in [7, 11) is 0. The number of piperidine rings is 1. The third-order valence-electron chi connectivity index (χ3n) is 8.08. The van der Waals surface area contributed by atoms with E-state index in [1.54, 1.807) is 12.4 Å². The number of fused-ring (bicyclic) bond motifs is 1. The van der Waals surface area contributed by atoms with Gasteiger partial charge in [0.1, 0.15) is 29.4 Å². The summed E-state index contributed by atoms with van der Waals surface area (Å²) in [6.45, 7) is 7.34. The molecule has 9 heteroatoms. The van der Waals surface area contributed by atoms with Crippen molar-refractivity contribution in [1.82, 2.24) is 19.9 Å². The molecule has 0 bridgehead atoms. The highest BCUT2D eigenvalue weighted by Gasteiger charge is 2.24. The minimum absolute atomic E-state index is 0.158. The highest BCUT2D eigenvalue weighted by molar-refractivity contribution is 5.85. The zero-order chi connectivity index (χ0) is 26.3. The third kappa shape index (κ3) is 6.89. The van der Waals surface area contributed by atoms with E-state index in [9.17, 15) is 0 Å². The summed E-state index contributed by atoms with van der Waals surface area (Å²) in [5, 5.41) is 3.63. The van der Waals surface area contributed by atoms with E-state index >= 15 is 0 Å². The molecule has 1 aromatic carbocycles. The number of benzene rings is 1. The van der Waals surface area contributed by atoms with Gasteiger partial charge in [-0.25, -0.2) is 9.97 Å². The van der Waals surface area contributed by atoms with Crippen LogP contribution in [0.4, 0.5) is 11.5 Å². The van der Waals surface area contributed by atoms with Crippen molar-refractivity contribution in [2.24, 2.45) is 0 Å². The number of rotatable bonds is 9. The minimum atomic E-state index is 0.158. The van der Waals surface area contributed by atoms with Crippen LogP contribution in [0.15, 0.2) is 42.9 Å². The molecular weight excluding hydrogens is 492 g/mol. The van der Waals surface area contributed by atoms with Gasteiger partial charge in [0.2, 0.25) is 0 Å². The lowest BCUT2D eigenvalue weighted by Crippen LogP contribution is -2.36. The molecule has 0 atom stereocenters. The Hall–Kier alpha value is -3.17. The molecule has 0 amide bonds. The van der Waals surface area contributed by atoms with E-state index in [1.165, 1.54) is 32.4 Å². The van der Waals surface area contributed by atoms with Crippen molar-refractivity contribution in [1.29, 1.82) is 0 Å². The van der Waals surface area contributed by atoms with Crippen LogP contribution in [-0.4, -0.2) is 84.5 Å². The Morgan fingerprint density at radius 2 is 1.69 bits per heavy atom. The van der Waals surface area contributed by atoms with Gasteiger partial charge in [0, 0.05) is 62.1 Å². The van der Waals surface area contributed by atoms with Gasteiger partial charge in [-0.15, -0.1) is 0 Å². The van der Waals surface area contributed by atoms with Gasteiger partial charge in [-0.2, -0.15) is 0 Å². The predicted octanol–water partition coefficient (Wildman–Crippen LogP) is 4.53. The second-order valence-electron chi connectivity index (χ2n) is 10.8. The first-order valence-electron chi connectivity index (χ1n) is 14.6. The first kappa shape index (κ1) is 26.1. The van der Waals surface area contributed by atoms with Crippen molar-refractivity contribution in [3.8, 4) is 11.5 Å². The van der Waals surface area contributed by atoms with Crippen LogP contribution in [0.3, 0.4) is 0 Å².